The Morgan fingerprint density at radius 3 is 2.90 bits per heavy atom. The van der Waals surface area contributed by atoms with Gasteiger partial charge in [0.05, 0.1) is 0 Å². The third kappa shape index (κ3) is 4.09. The van der Waals surface area contributed by atoms with E-state index in [1.807, 2.05) is 0 Å². The van der Waals surface area contributed by atoms with Crippen molar-refractivity contribution < 1.29 is 9.57 Å². The summed E-state index contributed by atoms with van der Waals surface area (Å²) in [5.41, 5.74) is 0. The second kappa shape index (κ2) is 7.27. The van der Waals surface area contributed by atoms with Gasteiger partial charge in [-0.1, -0.05) is 11.6 Å². The highest BCUT2D eigenvalue weighted by atomic mass is 16.7. The predicted octanol–water partition coefficient (Wildman–Crippen LogP) is 1.59. The first-order valence-corrected chi connectivity index (χ1v) is 8.19. The highest BCUT2D eigenvalue weighted by Gasteiger charge is 2.25. The van der Waals surface area contributed by atoms with E-state index in [-0.39, 0.29) is 6.10 Å². The van der Waals surface area contributed by atoms with Gasteiger partial charge < -0.3 is 14.9 Å². The van der Waals surface area contributed by atoms with E-state index in [9.17, 15) is 0 Å². The summed E-state index contributed by atoms with van der Waals surface area (Å²) in [6, 6.07) is 0. The number of rotatable bonds is 4. The second-order valence-corrected chi connectivity index (χ2v) is 6.30. The molecular formula is C15H27N3O2. The molecule has 0 aromatic heterocycles. The minimum atomic E-state index is 0.164. The highest BCUT2D eigenvalue weighted by molar-refractivity contribution is 5.76. The summed E-state index contributed by atoms with van der Waals surface area (Å²) in [6.45, 7) is 6.24. The van der Waals surface area contributed by atoms with Crippen LogP contribution in [0.4, 0.5) is 0 Å². The van der Waals surface area contributed by atoms with Gasteiger partial charge in [0, 0.05) is 13.0 Å². The van der Waals surface area contributed by atoms with E-state index in [1.165, 1.54) is 45.2 Å². The standard InChI is InChI=1S/C15H27N3O2/c1-2-7-18(8-3-1)11-14-12-19-17-15(20-14)9-13-5-4-6-16-10-13/h13-14,16H,1-12H2. The smallest absolute Gasteiger partial charge is 0.226 e. The maximum absolute atomic E-state index is 6.05. The van der Waals surface area contributed by atoms with E-state index >= 15 is 0 Å². The van der Waals surface area contributed by atoms with Crippen LogP contribution in [-0.4, -0.2) is 56.2 Å². The van der Waals surface area contributed by atoms with E-state index in [0.717, 1.165) is 32.0 Å². The molecular weight excluding hydrogens is 254 g/mol. The zero-order chi connectivity index (χ0) is 13.6. The van der Waals surface area contributed by atoms with E-state index in [1.54, 1.807) is 0 Å². The van der Waals surface area contributed by atoms with Crippen LogP contribution in [0.2, 0.25) is 0 Å². The van der Waals surface area contributed by atoms with Gasteiger partial charge in [0.2, 0.25) is 5.90 Å². The summed E-state index contributed by atoms with van der Waals surface area (Å²) < 4.78 is 6.05. The Labute approximate surface area is 121 Å². The molecule has 0 bridgehead atoms. The van der Waals surface area contributed by atoms with Crippen LogP contribution in [0.1, 0.15) is 38.5 Å². The minimum absolute atomic E-state index is 0.164. The van der Waals surface area contributed by atoms with Gasteiger partial charge in [0.15, 0.2) is 6.61 Å². The molecule has 5 heteroatoms. The zero-order valence-corrected chi connectivity index (χ0v) is 12.4. The molecule has 2 saturated heterocycles. The summed E-state index contributed by atoms with van der Waals surface area (Å²) in [7, 11) is 0. The highest BCUT2D eigenvalue weighted by Crippen LogP contribution is 2.18. The Kier molecular flexibility index (Phi) is 5.14. The molecule has 114 valence electrons. The number of likely N-dealkylation sites (tertiary alicyclic amines) is 1. The normalized spacial score (nSPS) is 32.1. The Hall–Kier alpha value is -0.810. The van der Waals surface area contributed by atoms with Gasteiger partial charge in [0.1, 0.15) is 6.10 Å². The van der Waals surface area contributed by atoms with Crippen LogP contribution in [0, 0.1) is 5.92 Å². The van der Waals surface area contributed by atoms with E-state index in [4.69, 9.17) is 9.57 Å². The molecule has 0 saturated carbocycles. The van der Waals surface area contributed by atoms with Crippen molar-refractivity contribution >= 4 is 5.90 Å². The first kappa shape index (κ1) is 14.1. The largest absolute Gasteiger partial charge is 0.470 e. The molecule has 2 unspecified atom stereocenters. The Balaban J connectivity index is 1.44. The topological polar surface area (TPSA) is 46.1 Å². The fourth-order valence-electron chi connectivity index (χ4n) is 3.39. The molecule has 5 nitrogen and oxygen atoms in total. The number of piperidine rings is 2. The first-order chi connectivity index (χ1) is 9.90. The molecule has 2 fully saturated rings. The van der Waals surface area contributed by atoms with Crippen molar-refractivity contribution in [3.8, 4) is 0 Å². The Morgan fingerprint density at radius 2 is 2.10 bits per heavy atom. The minimum Gasteiger partial charge on any atom is -0.470 e. The van der Waals surface area contributed by atoms with Crippen LogP contribution < -0.4 is 5.32 Å². The van der Waals surface area contributed by atoms with Crippen LogP contribution in [0.25, 0.3) is 0 Å². The lowest BCUT2D eigenvalue weighted by Crippen LogP contribution is -2.42. The molecule has 1 N–H and O–H groups in total. The lowest BCUT2D eigenvalue weighted by atomic mass is 9.96. The third-order valence-corrected chi connectivity index (χ3v) is 4.50. The van der Waals surface area contributed by atoms with Crippen LogP contribution in [0.15, 0.2) is 5.16 Å². The maximum atomic E-state index is 6.05. The molecule has 3 heterocycles. The molecule has 2 atom stereocenters. The van der Waals surface area contributed by atoms with Crippen LogP contribution >= 0.6 is 0 Å². The van der Waals surface area contributed by atoms with Crippen LogP contribution in [0.5, 0.6) is 0 Å². The van der Waals surface area contributed by atoms with E-state index < -0.39 is 0 Å². The molecule has 0 amide bonds. The van der Waals surface area contributed by atoms with Crippen molar-refractivity contribution in [3.63, 3.8) is 0 Å². The average molecular weight is 281 g/mol. The Morgan fingerprint density at radius 1 is 1.20 bits per heavy atom. The monoisotopic (exact) mass is 281 g/mol. The van der Waals surface area contributed by atoms with Gasteiger partial charge in [-0.2, -0.15) is 0 Å². The summed E-state index contributed by atoms with van der Waals surface area (Å²) in [4.78, 5) is 7.90. The lowest BCUT2D eigenvalue weighted by molar-refractivity contribution is -0.0129. The third-order valence-electron chi connectivity index (χ3n) is 4.50. The SMILES string of the molecule is C1CCN(CC2CON=C(CC3CCCNC3)O2)CC1. The Bertz CT molecular complexity index is 323. The van der Waals surface area contributed by atoms with Crippen LogP contribution in [0.3, 0.4) is 0 Å². The van der Waals surface area contributed by atoms with Gasteiger partial charge >= 0.3 is 0 Å². The summed E-state index contributed by atoms with van der Waals surface area (Å²) >= 11 is 0. The van der Waals surface area contributed by atoms with Crippen molar-refractivity contribution in [2.75, 3.05) is 39.3 Å². The van der Waals surface area contributed by atoms with Gasteiger partial charge in [0.25, 0.3) is 0 Å². The molecule has 20 heavy (non-hydrogen) atoms. The molecule has 3 aliphatic heterocycles. The van der Waals surface area contributed by atoms with Crippen molar-refractivity contribution in [1.82, 2.24) is 10.2 Å². The number of hydrogen-bond acceptors (Lipinski definition) is 5. The average Bonchev–Trinajstić information content (AvgIpc) is 2.50. The molecule has 0 radical (unpaired) electrons. The number of oxime groups is 1. The van der Waals surface area contributed by atoms with Gasteiger partial charge in [-0.3, -0.25) is 4.90 Å². The first-order valence-electron chi connectivity index (χ1n) is 8.19. The maximum Gasteiger partial charge on any atom is 0.226 e. The fourth-order valence-corrected chi connectivity index (χ4v) is 3.39. The van der Waals surface area contributed by atoms with E-state index in [2.05, 4.69) is 15.4 Å². The lowest BCUT2D eigenvalue weighted by Gasteiger charge is -2.32. The zero-order valence-electron chi connectivity index (χ0n) is 12.4. The molecule has 0 aromatic rings. The van der Waals surface area contributed by atoms with Crippen LogP contribution in [-0.2, 0) is 9.57 Å². The number of ether oxygens (including phenoxy) is 1. The van der Waals surface area contributed by atoms with Crippen molar-refractivity contribution in [3.05, 3.63) is 0 Å². The molecule has 0 aromatic carbocycles. The van der Waals surface area contributed by atoms with Crippen molar-refractivity contribution in [2.24, 2.45) is 11.1 Å². The molecule has 0 aliphatic carbocycles. The van der Waals surface area contributed by atoms with Gasteiger partial charge in [-0.05, 0) is 57.8 Å². The number of hydrogen-bond donors (Lipinski definition) is 1. The predicted molar refractivity (Wildman–Crippen MR) is 78.8 cm³/mol. The van der Waals surface area contributed by atoms with Crippen molar-refractivity contribution in [1.29, 1.82) is 0 Å². The number of nitrogens with zero attached hydrogens (tertiary/aromatic N) is 2. The fraction of sp³-hybridized carbons (Fsp3) is 0.933. The molecule has 0 spiro atoms. The molecule has 3 aliphatic rings. The van der Waals surface area contributed by atoms with Gasteiger partial charge in [-0.25, -0.2) is 0 Å². The number of nitrogens with one attached hydrogen (secondary N) is 1. The summed E-state index contributed by atoms with van der Waals surface area (Å²) in [6.07, 6.45) is 7.63. The summed E-state index contributed by atoms with van der Waals surface area (Å²) in [5, 5.41) is 7.56. The van der Waals surface area contributed by atoms with Gasteiger partial charge in [-0.15, -0.1) is 0 Å². The molecule has 3 rings (SSSR count). The second-order valence-electron chi connectivity index (χ2n) is 6.30. The van der Waals surface area contributed by atoms with Crippen molar-refractivity contribution in [2.45, 2.75) is 44.6 Å². The quantitative estimate of drug-likeness (QED) is 0.850. The van der Waals surface area contributed by atoms with E-state index in [0.29, 0.717) is 12.5 Å². The summed E-state index contributed by atoms with van der Waals surface area (Å²) in [5.74, 6) is 1.46.